The maximum absolute atomic E-state index is 4.00. The lowest BCUT2D eigenvalue weighted by molar-refractivity contribution is 0.147. The van der Waals surface area contributed by atoms with Crippen molar-refractivity contribution in [3.8, 4) is 0 Å². The second kappa shape index (κ2) is 7.36. The van der Waals surface area contributed by atoms with Crippen LogP contribution < -0.4 is 5.32 Å². The first-order valence-corrected chi connectivity index (χ1v) is 9.90. The number of hydrogen-bond donors (Lipinski definition) is 1. The van der Waals surface area contributed by atoms with Crippen LogP contribution >= 0.6 is 11.8 Å². The van der Waals surface area contributed by atoms with Crippen LogP contribution in [0.5, 0.6) is 0 Å². The molecule has 0 aromatic carbocycles. The first kappa shape index (κ1) is 14.3. The molecule has 2 heteroatoms. The highest BCUT2D eigenvalue weighted by molar-refractivity contribution is 7.99. The Morgan fingerprint density at radius 2 is 1.63 bits per heavy atom. The molecule has 0 aromatic rings. The van der Waals surface area contributed by atoms with Crippen LogP contribution in [-0.4, -0.2) is 24.1 Å². The van der Waals surface area contributed by atoms with Gasteiger partial charge in [-0.25, -0.2) is 0 Å². The van der Waals surface area contributed by atoms with Crippen LogP contribution in [0.2, 0.25) is 0 Å². The van der Waals surface area contributed by atoms with Crippen molar-refractivity contribution < 1.29 is 0 Å². The molecule has 3 unspecified atom stereocenters. The van der Waals surface area contributed by atoms with Gasteiger partial charge in [0.15, 0.2) is 0 Å². The third-order valence-corrected chi connectivity index (χ3v) is 7.00. The molecule has 3 aliphatic rings. The van der Waals surface area contributed by atoms with Crippen LogP contribution in [0.25, 0.3) is 0 Å². The van der Waals surface area contributed by atoms with Crippen molar-refractivity contribution in [2.24, 2.45) is 17.8 Å². The fourth-order valence-corrected chi connectivity index (χ4v) is 5.89. The van der Waals surface area contributed by atoms with E-state index in [4.69, 9.17) is 0 Å². The average Bonchev–Trinajstić information content (AvgIpc) is 3.00. The highest BCUT2D eigenvalue weighted by Gasteiger charge is 2.32. The molecule has 3 fully saturated rings. The topological polar surface area (TPSA) is 12.0 Å². The largest absolute Gasteiger partial charge is 0.313 e. The molecule has 0 aromatic heterocycles. The minimum absolute atomic E-state index is 0.863. The van der Waals surface area contributed by atoms with Crippen LogP contribution in [0.3, 0.4) is 0 Å². The Labute approximate surface area is 123 Å². The van der Waals surface area contributed by atoms with E-state index >= 15 is 0 Å². The molecule has 1 heterocycles. The molecule has 1 aliphatic heterocycles. The quantitative estimate of drug-likeness (QED) is 0.816. The first-order chi connectivity index (χ1) is 9.43. The smallest absolute Gasteiger partial charge is 0.00980 e. The Balaban J connectivity index is 1.50. The lowest BCUT2D eigenvalue weighted by Crippen LogP contribution is -2.44. The molecule has 19 heavy (non-hydrogen) atoms. The van der Waals surface area contributed by atoms with E-state index in [2.05, 4.69) is 17.1 Å². The minimum Gasteiger partial charge on any atom is -0.313 e. The summed E-state index contributed by atoms with van der Waals surface area (Å²) in [5.74, 6) is 5.86. The molecule has 1 saturated heterocycles. The molecular weight excluding hydrogens is 250 g/mol. The third kappa shape index (κ3) is 3.91. The van der Waals surface area contributed by atoms with E-state index in [1.165, 1.54) is 82.3 Å². The fraction of sp³-hybridized carbons (Fsp3) is 1.00. The van der Waals surface area contributed by atoms with Gasteiger partial charge in [0.2, 0.25) is 0 Å². The normalized spacial score (nSPS) is 37.6. The van der Waals surface area contributed by atoms with Crippen LogP contribution in [0, 0.1) is 17.8 Å². The van der Waals surface area contributed by atoms with Gasteiger partial charge < -0.3 is 5.32 Å². The third-order valence-electron chi connectivity index (χ3n) is 5.77. The summed E-state index contributed by atoms with van der Waals surface area (Å²) in [5, 5.41) is 4.00. The van der Waals surface area contributed by atoms with Crippen molar-refractivity contribution in [2.75, 3.05) is 18.1 Å². The van der Waals surface area contributed by atoms with E-state index in [0.29, 0.717) is 0 Å². The second-order valence-electron chi connectivity index (χ2n) is 7.09. The van der Waals surface area contributed by atoms with E-state index in [1.807, 2.05) is 0 Å². The highest BCUT2D eigenvalue weighted by Crippen LogP contribution is 2.38. The second-order valence-corrected chi connectivity index (χ2v) is 8.24. The molecule has 1 N–H and O–H groups in total. The maximum Gasteiger partial charge on any atom is 0.00980 e. The molecule has 0 spiro atoms. The van der Waals surface area contributed by atoms with Gasteiger partial charge in [0.1, 0.15) is 0 Å². The highest BCUT2D eigenvalue weighted by atomic mass is 32.2. The summed E-state index contributed by atoms with van der Waals surface area (Å²) in [6, 6.07) is 0.863. The first-order valence-electron chi connectivity index (χ1n) is 8.74. The summed E-state index contributed by atoms with van der Waals surface area (Å²) in [6.07, 6.45) is 15.0. The fourth-order valence-electron chi connectivity index (χ4n) is 4.60. The van der Waals surface area contributed by atoms with E-state index in [0.717, 1.165) is 23.8 Å². The SMILES string of the molecule is C1CCC(C2CCCCC2NCC2CCSC2)CC1. The number of hydrogen-bond acceptors (Lipinski definition) is 2. The number of thioether (sulfide) groups is 1. The summed E-state index contributed by atoms with van der Waals surface area (Å²) in [5.41, 5.74) is 0. The van der Waals surface area contributed by atoms with Gasteiger partial charge >= 0.3 is 0 Å². The Bertz CT molecular complexity index is 256. The minimum atomic E-state index is 0.863. The van der Waals surface area contributed by atoms with Gasteiger partial charge in [0.05, 0.1) is 0 Å². The molecule has 2 aliphatic carbocycles. The van der Waals surface area contributed by atoms with Crippen molar-refractivity contribution in [2.45, 2.75) is 70.3 Å². The van der Waals surface area contributed by atoms with Gasteiger partial charge in [-0.3, -0.25) is 0 Å². The van der Waals surface area contributed by atoms with Gasteiger partial charge in [0.25, 0.3) is 0 Å². The molecule has 0 amide bonds. The van der Waals surface area contributed by atoms with Crippen LogP contribution in [0.4, 0.5) is 0 Å². The summed E-state index contributed by atoms with van der Waals surface area (Å²) in [4.78, 5) is 0. The van der Waals surface area contributed by atoms with Gasteiger partial charge in [0, 0.05) is 6.04 Å². The maximum atomic E-state index is 4.00. The molecule has 0 bridgehead atoms. The number of rotatable bonds is 4. The zero-order valence-electron chi connectivity index (χ0n) is 12.4. The summed E-state index contributed by atoms with van der Waals surface area (Å²) in [6.45, 7) is 1.31. The van der Waals surface area contributed by atoms with Crippen molar-refractivity contribution in [3.05, 3.63) is 0 Å². The molecule has 3 atom stereocenters. The molecular formula is C17H31NS. The monoisotopic (exact) mass is 281 g/mol. The predicted molar refractivity (Wildman–Crippen MR) is 85.8 cm³/mol. The summed E-state index contributed by atoms with van der Waals surface area (Å²) < 4.78 is 0. The van der Waals surface area contributed by atoms with E-state index in [-0.39, 0.29) is 0 Å². The van der Waals surface area contributed by atoms with Crippen molar-refractivity contribution >= 4 is 11.8 Å². The Kier molecular flexibility index (Phi) is 5.52. The summed E-state index contributed by atoms with van der Waals surface area (Å²) >= 11 is 2.16. The van der Waals surface area contributed by atoms with Crippen molar-refractivity contribution in [1.82, 2.24) is 5.32 Å². The van der Waals surface area contributed by atoms with Gasteiger partial charge in [-0.1, -0.05) is 44.9 Å². The van der Waals surface area contributed by atoms with Crippen LogP contribution in [0.15, 0.2) is 0 Å². The van der Waals surface area contributed by atoms with Gasteiger partial charge in [-0.2, -0.15) is 11.8 Å². The van der Waals surface area contributed by atoms with E-state index < -0.39 is 0 Å². The van der Waals surface area contributed by atoms with Crippen molar-refractivity contribution in [3.63, 3.8) is 0 Å². The van der Waals surface area contributed by atoms with Crippen molar-refractivity contribution in [1.29, 1.82) is 0 Å². The lowest BCUT2D eigenvalue weighted by atomic mass is 9.71. The van der Waals surface area contributed by atoms with Crippen LogP contribution in [-0.2, 0) is 0 Å². The zero-order valence-corrected chi connectivity index (χ0v) is 13.2. The van der Waals surface area contributed by atoms with Gasteiger partial charge in [-0.15, -0.1) is 0 Å². The molecule has 3 rings (SSSR count). The Morgan fingerprint density at radius 1 is 0.842 bits per heavy atom. The van der Waals surface area contributed by atoms with E-state index in [1.54, 1.807) is 0 Å². The Morgan fingerprint density at radius 3 is 2.42 bits per heavy atom. The Hall–Kier alpha value is 0.310. The lowest BCUT2D eigenvalue weighted by Gasteiger charge is -2.40. The zero-order chi connectivity index (χ0) is 12.9. The van der Waals surface area contributed by atoms with E-state index in [9.17, 15) is 0 Å². The summed E-state index contributed by atoms with van der Waals surface area (Å²) in [7, 11) is 0. The molecule has 1 nitrogen and oxygen atoms in total. The standard InChI is InChI=1S/C17H31NS/c1-2-6-15(7-3-1)16-8-4-5-9-17(16)18-12-14-10-11-19-13-14/h14-18H,1-13H2. The number of nitrogens with one attached hydrogen (secondary N) is 1. The predicted octanol–water partition coefficient (Wildman–Crippen LogP) is 4.47. The van der Waals surface area contributed by atoms with Crippen LogP contribution in [0.1, 0.15) is 64.2 Å². The molecule has 110 valence electrons. The molecule has 2 saturated carbocycles. The average molecular weight is 282 g/mol. The van der Waals surface area contributed by atoms with Gasteiger partial charge in [-0.05, 0) is 55.1 Å². The molecule has 0 radical (unpaired) electrons.